The highest BCUT2D eigenvalue weighted by molar-refractivity contribution is 5.71. The summed E-state index contributed by atoms with van der Waals surface area (Å²) in [6.45, 7) is 6.32. The third-order valence-corrected chi connectivity index (χ3v) is 11.6. The Morgan fingerprint density at radius 1 is 0.313 bits per heavy atom. The number of carbonyl (C=O) groups is 3. The monoisotopic (exact) mass is 931 g/mol. The molecule has 0 saturated heterocycles. The molecule has 0 spiro atoms. The SMILES string of the molecule is CC/C=C\C/C=C\C/C=C\C/C=C\CCCCC(=O)OC(COC(=O)CC/C=C\C/C=C\C/C=C\C/C=C\CC)COC(=O)CCCCCCCCCCCCCCCCCCCCCCC. The van der Waals surface area contributed by atoms with Gasteiger partial charge in [-0.15, -0.1) is 0 Å². The van der Waals surface area contributed by atoms with Crippen LogP contribution in [0.5, 0.6) is 0 Å². The first-order chi connectivity index (χ1) is 33.0. The van der Waals surface area contributed by atoms with E-state index in [1.807, 2.05) is 12.2 Å². The van der Waals surface area contributed by atoms with E-state index in [1.54, 1.807) is 0 Å². The van der Waals surface area contributed by atoms with Crippen LogP contribution in [0.3, 0.4) is 0 Å². The number of allylic oxidation sites excluding steroid dienone is 16. The molecule has 6 heteroatoms. The summed E-state index contributed by atoms with van der Waals surface area (Å²) in [5.41, 5.74) is 0. The second-order valence-corrected chi connectivity index (χ2v) is 18.1. The molecule has 0 bridgehead atoms. The van der Waals surface area contributed by atoms with E-state index in [9.17, 15) is 14.4 Å². The first-order valence-electron chi connectivity index (χ1n) is 27.7. The van der Waals surface area contributed by atoms with Crippen LogP contribution >= 0.6 is 0 Å². The van der Waals surface area contributed by atoms with Gasteiger partial charge in [0.15, 0.2) is 6.10 Å². The van der Waals surface area contributed by atoms with Crippen LogP contribution in [0, 0.1) is 0 Å². The van der Waals surface area contributed by atoms with Crippen molar-refractivity contribution in [1.82, 2.24) is 0 Å². The Labute approximate surface area is 413 Å². The van der Waals surface area contributed by atoms with Crippen LogP contribution in [0.25, 0.3) is 0 Å². The van der Waals surface area contributed by atoms with Crippen LogP contribution in [0.2, 0.25) is 0 Å². The topological polar surface area (TPSA) is 78.9 Å². The lowest BCUT2D eigenvalue weighted by atomic mass is 10.0. The minimum absolute atomic E-state index is 0.115. The fraction of sp³-hybridized carbons (Fsp3) is 0.689. The van der Waals surface area contributed by atoms with Gasteiger partial charge in [0.25, 0.3) is 0 Å². The number of rotatable bonds is 49. The largest absolute Gasteiger partial charge is 0.462 e. The molecule has 0 aliphatic rings. The van der Waals surface area contributed by atoms with Crippen LogP contribution in [-0.4, -0.2) is 37.2 Å². The van der Waals surface area contributed by atoms with Gasteiger partial charge < -0.3 is 14.2 Å². The van der Waals surface area contributed by atoms with Gasteiger partial charge in [-0.1, -0.05) is 246 Å². The van der Waals surface area contributed by atoms with Crippen molar-refractivity contribution >= 4 is 17.9 Å². The molecule has 0 aliphatic heterocycles. The third-order valence-electron chi connectivity index (χ3n) is 11.6. The lowest BCUT2D eigenvalue weighted by Crippen LogP contribution is -2.30. The van der Waals surface area contributed by atoms with Crippen molar-refractivity contribution in [3.8, 4) is 0 Å². The lowest BCUT2D eigenvalue weighted by Gasteiger charge is -2.18. The molecule has 0 heterocycles. The van der Waals surface area contributed by atoms with Gasteiger partial charge >= 0.3 is 17.9 Å². The first kappa shape index (κ1) is 63.3. The van der Waals surface area contributed by atoms with Crippen molar-refractivity contribution in [1.29, 1.82) is 0 Å². The molecule has 1 atom stereocenters. The Morgan fingerprint density at radius 3 is 1.00 bits per heavy atom. The summed E-state index contributed by atoms with van der Waals surface area (Å²) in [4.78, 5) is 38.0. The average Bonchev–Trinajstić information content (AvgIpc) is 3.33. The molecule has 0 fully saturated rings. The van der Waals surface area contributed by atoms with Crippen molar-refractivity contribution in [3.05, 3.63) is 97.2 Å². The molecule has 0 aliphatic carbocycles. The molecule has 6 nitrogen and oxygen atoms in total. The lowest BCUT2D eigenvalue weighted by molar-refractivity contribution is -0.166. The smallest absolute Gasteiger partial charge is 0.306 e. The van der Waals surface area contributed by atoms with Crippen LogP contribution in [0.4, 0.5) is 0 Å². The normalized spacial score (nSPS) is 12.8. The van der Waals surface area contributed by atoms with E-state index < -0.39 is 6.10 Å². The van der Waals surface area contributed by atoms with Gasteiger partial charge in [0.2, 0.25) is 0 Å². The van der Waals surface area contributed by atoms with Crippen LogP contribution in [0.1, 0.15) is 252 Å². The fourth-order valence-corrected chi connectivity index (χ4v) is 7.51. The molecule has 382 valence electrons. The highest BCUT2D eigenvalue weighted by Gasteiger charge is 2.19. The molecule has 0 rings (SSSR count). The van der Waals surface area contributed by atoms with Gasteiger partial charge in [-0.3, -0.25) is 14.4 Å². The molecule has 1 unspecified atom stereocenters. The number of unbranched alkanes of at least 4 members (excludes halogenated alkanes) is 22. The molecule has 0 radical (unpaired) electrons. The molecular weight excluding hydrogens is 829 g/mol. The summed E-state index contributed by atoms with van der Waals surface area (Å²) in [6.07, 6.45) is 72.8. The van der Waals surface area contributed by atoms with E-state index in [0.29, 0.717) is 19.3 Å². The van der Waals surface area contributed by atoms with E-state index >= 15 is 0 Å². The van der Waals surface area contributed by atoms with Crippen LogP contribution in [0.15, 0.2) is 97.2 Å². The van der Waals surface area contributed by atoms with Gasteiger partial charge in [0.1, 0.15) is 13.2 Å². The number of ether oxygens (including phenoxy) is 3. The van der Waals surface area contributed by atoms with E-state index in [2.05, 4.69) is 106 Å². The van der Waals surface area contributed by atoms with Gasteiger partial charge in [-0.2, -0.15) is 0 Å². The molecule has 0 saturated carbocycles. The second-order valence-electron chi connectivity index (χ2n) is 18.1. The summed E-state index contributed by atoms with van der Waals surface area (Å²) in [6, 6.07) is 0. The fourth-order valence-electron chi connectivity index (χ4n) is 7.51. The summed E-state index contributed by atoms with van der Waals surface area (Å²) in [5, 5.41) is 0. The standard InChI is InChI=1S/C61H102O6/c1-4-7-10-13-16-19-22-25-27-28-29-30-31-32-34-36-39-42-45-48-51-54-60(63)66-57-58(56-65-59(62)53-50-47-44-41-38-35-24-21-18-15-12-9-6-3)67-61(64)55-52-49-46-43-40-37-33-26-23-20-17-14-11-8-5-2/h8-9,11-12,17-18,20-21,26,33,35,38,40,43-44,47,58H,4-7,10,13-16,19,22-25,27-32,34,36-37,39,41-42,45-46,48-57H2,1-3H3/b11-8-,12-9-,20-17-,21-18-,33-26-,38-35-,43-40-,47-44-. The Bertz CT molecular complexity index is 1350. The zero-order valence-corrected chi connectivity index (χ0v) is 43.6. The highest BCUT2D eigenvalue weighted by atomic mass is 16.6. The third kappa shape index (κ3) is 53.2. The maximum atomic E-state index is 12.8. The van der Waals surface area contributed by atoms with Crippen LogP contribution < -0.4 is 0 Å². The van der Waals surface area contributed by atoms with Gasteiger partial charge in [0.05, 0.1) is 0 Å². The van der Waals surface area contributed by atoms with Crippen molar-refractivity contribution in [2.75, 3.05) is 13.2 Å². The van der Waals surface area contributed by atoms with Crippen LogP contribution in [-0.2, 0) is 28.6 Å². The molecule has 0 aromatic heterocycles. The second kappa shape index (κ2) is 54.9. The zero-order valence-electron chi connectivity index (χ0n) is 43.6. The first-order valence-corrected chi connectivity index (χ1v) is 27.7. The van der Waals surface area contributed by atoms with Gasteiger partial charge in [-0.25, -0.2) is 0 Å². The Kier molecular flexibility index (Phi) is 51.9. The Hall–Kier alpha value is -3.67. The summed E-state index contributed by atoms with van der Waals surface area (Å²) in [7, 11) is 0. The predicted molar refractivity (Wildman–Crippen MR) is 288 cm³/mol. The van der Waals surface area contributed by atoms with E-state index in [4.69, 9.17) is 14.2 Å². The quantitative estimate of drug-likeness (QED) is 0.0262. The minimum atomic E-state index is -0.827. The Morgan fingerprint density at radius 2 is 0.612 bits per heavy atom. The van der Waals surface area contributed by atoms with E-state index in [0.717, 1.165) is 83.5 Å². The number of carbonyl (C=O) groups excluding carboxylic acids is 3. The summed E-state index contributed by atoms with van der Waals surface area (Å²) >= 11 is 0. The van der Waals surface area contributed by atoms with Crippen molar-refractivity contribution in [3.63, 3.8) is 0 Å². The minimum Gasteiger partial charge on any atom is -0.462 e. The van der Waals surface area contributed by atoms with Crippen molar-refractivity contribution in [2.24, 2.45) is 0 Å². The molecule has 0 amide bonds. The van der Waals surface area contributed by atoms with E-state index in [1.165, 1.54) is 116 Å². The number of hydrogen-bond acceptors (Lipinski definition) is 6. The summed E-state index contributed by atoms with van der Waals surface area (Å²) < 4.78 is 16.7. The highest BCUT2D eigenvalue weighted by Crippen LogP contribution is 2.16. The maximum Gasteiger partial charge on any atom is 0.306 e. The average molecular weight is 931 g/mol. The summed E-state index contributed by atoms with van der Waals surface area (Å²) in [5.74, 6) is -1.04. The molecular formula is C61H102O6. The number of esters is 3. The van der Waals surface area contributed by atoms with Crippen molar-refractivity contribution in [2.45, 2.75) is 258 Å². The molecule has 67 heavy (non-hydrogen) atoms. The van der Waals surface area contributed by atoms with Crippen molar-refractivity contribution < 1.29 is 28.6 Å². The Balaban J connectivity index is 4.42. The zero-order chi connectivity index (χ0) is 48.6. The number of hydrogen-bond donors (Lipinski definition) is 0. The van der Waals surface area contributed by atoms with Gasteiger partial charge in [0, 0.05) is 19.3 Å². The molecule has 0 aromatic rings. The van der Waals surface area contributed by atoms with E-state index in [-0.39, 0.29) is 44.0 Å². The predicted octanol–water partition coefficient (Wildman–Crippen LogP) is 18.5. The maximum absolute atomic E-state index is 12.8. The molecule has 0 N–H and O–H groups in total. The molecule has 0 aromatic carbocycles. The van der Waals surface area contributed by atoms with Gasteiger partial charge in [-0.05, 0) is 83.5 Å².